The van der Waals surface area contributed by atoms with Crippen LogP contribution in [0.25, 0.3) is 0 Å². The largest absolute Gasteiger partial charge is 0.465 e. The molecule has 0 aliphatic heterocycles. The van der Waals surface area contributed by atoms with Crippen LogP contribution in [0.1, 0.15) is 34.9 Å². The van der Waals surface area contributed by atoms with Crippen molar-refractivity contribution in [2.45, 2.75) is 44.7 Å². The van der Waals surface area contributed by atoms with E-state index in [2.05, 4.69) is 10.3 Å². The predicted octanol–water partition coefficient (Wildman–Crippen LogP) is 3.00. The number of urea groups is 1. The summed E-state index contributed by atoms with van der Waals surface area (Å²) < 4.78 is 31.8. The third kappa shape index (κ3) is 5.75. The average molecular weight is 432 g/mol. The molecule has 0 aromatic carbocycles. The second-order valence-corrected chi connectivity index (χ2v) is 9.83. The molecule has 2 rings (SSSR count). The zero-order chi connectivity index (χ0) is 20.2. The Hall–Kier alpha value is -1.98. The number of aryl methyl sites for hydroxylation is 3. The van der Waals surface area contributed by atoms with Crippen LogP contribution in [0, 0.1) is 13.8 Å². The van der Waals surface area contributed by atoms with Gasteiger partial charge in [0.2, 0.25) is 0 Å². The Balaban J connectivity index is 2.04. The van der Waals surface area contributed by atoms with Crippen LogP contribution >= 0.6 is 22.7 Å². The molecule has 0 bridgehead atoms. The Morgan fingerprint density at radius 3 is 2.52 bits per heavy atom. The Labute approximate surface area is 166 Å². The number of hydrogen-bond acceptors (Lipinski definition) is 8. The lowest BCUT2D eigenvalue weighted by molar-refractivity contribution is -0.140. The van der Waals surface area contributed by atoms with Gasteiger partial charge in [0.25, 0.3) is 10.0 Å². The van der Waals surface area contributed by atoms with Crippen molar-refractivity contribution in [3.8, 4) is 0 Å². The second kappa shape index (κ2) is 8.81. The lowest BCUT2D eigenvalue weighted by Gasteiger charge is -2.05. The van der Waals surface area contributed by atoms with Crippen LogP contribution in [0.15, 0.2) is 10.3 Å². The van der Waals surface area contributed by atoms with Crippen LogP contribution in [-0.4, -0.2) is 32.0 Å². The molecule has 148 valence electrons. The van der Waals surface area contributed by atoms with E-state index in [-0.39, 0.29) is 16.8 Å². The molecule has 0 aliphatic rings. The number of thiazole rings is 1. The van der Waals surface area contributed by atoms with Crippen molar-refractivity contribution in [1.29, 1.82) is 0 Å². The van der Waals surface area contributed by atoms with E-state index in [1.165, 1.54) is 24.3 Å². The predicted molar refractivity (Wildman–Crippen MR) is 105 cm³/mol. The van der Waals surface area contributed by atoms with Crippen molar-refractivity contribution in [3.05, 3.63) is 27.1 Å². The Kier molecular flexibility index (Phi) is 6.95. The molecule has 0 aliphatic carbocycles. The molecule has 27 heavy (non-hydrogen) atoms. The van der Waals surface area contributed by atoms with Crippen LogP contribution < -0.4 is 10.0 Å². The van der Waals surface area contributed by atoms with Crippen molar-refractivity contribution in [1.82, 2.24) is 9.71 Å². The summed E-state index contributed by atoms with van der Waals surface area (Å²) in [6, 6.07) is 0.630. The summed E-state index contributed by atoms with van der Waals surface area (Å²) >= 11 is 2.35. The minimum atomic E-state index is -4.01. The normalized spacial score (nSPS) is 11.3. The molecule has 0 unspecified atom stereocenters. The molecular formula is C16H21N3O5S3. The molecule has 2 aromatic heterocycles. The number of thiophene rings is 1. The fourth-order valence-corrected chi connectivity index (χ4v) is 5.64. The highest BCUT2D eigenvalue weighted by Gasteiger charge is 2.22. The first-order valence-corrected chi connectivity index (χ1v) is 11.3. The van der Waals surface area contributed by atoms with E-state index < -0.39 is 16.1 Å². The van der Waals surface area contributed by atoms with Crippen molar-refractivity contribution in [3.63, 3.8) is 0 Å². The van der Waals surface area contributed by atoms with Gasteiger partial charge in [-0.25, -0.2) is 22.9 Å². The number of carbonyl (C=O) groups excluding carboxylic acids is 2. The van der Waals surface area contributed by atoms with Gasteiger partial charge in [0.05, 0.1) is 12.3 Å². The van der Waals surface area contributed by atoms with Gasteiger partial charge in [-0.3, -0.25) is 10.1 Å². The number of sulfonamides is 1. The SMILES string of the molecule is CCc1sc(NC(=O)NS(=O)(=O)c2cc(C)c(CCOC(C)=O)s2)nc1C. The molecule has 0 radical (unpaired) electrons. The minimum Gasteiger partial charge on any atom is -0.465 e. The molecule has 0 saturated carbocycles. The van der Waals surface area contributed by atoms with E-state index in [9.17, 15) is 18.0 Å². The molecule has 2 heterocycles. The highest BCUT2D eigenvalue weighted by molar-refractivity contribution is 7.92. The number of nitrogens with one attached hydrogen (secondary N) is 2. The first-order chi connectivity index (χ1) is 12.6. The third-order valence-corrected chi connectivity index (χ3v) is 7.88. The van der Waals surface area contributed by atoms with Crippen molar-refractivity contribution < 1.29 is 22.7 Å². The summed E-state index contributed by atoms with van der Waals surface area (Å²) in [5, 5.41) is 2.81. The van der Waals surface area contributed by atoms with Crippen molar-refractivity contribution >= 4 is 49.8 Å². The second-order valence-electron chi connectivity index (χ2n) is 5.70. The standard InChI is InChI=1S/C16H21N3O5S3/c1-5-12-10(3)17-16(26-12)18-15(21)19-27(22,23)14-8-9(2)13(25-14)6-7-24-11(4)20/h8H,5-7H2,1-4H3,(H2,17,18,19,21). The van der Waals surface area contributed by atoms with Gasteiger partial charge in [-0.2, -0.15) is 0 Å². The van der Waals surface area contributed by atoms with Gasteiger partial charge < -0.3 is 4.74 Å². The molecule has 11 heteroatoms. The molecule has 0 saturated heterocycles. The maximum atomic E-state index is 12.4. The van der Waals surface area contributed by atoms with E-state index >= 15 is 0 Å². The maximum absolute atomic E-state index is 12.4. The summed E-state index contributed by atoms with van der Waals surface area (Å²) in [5.74, 6) is -0.390. The molecule has 8 nitrogen and oxygen atoms in total. The van der Waals surface area contributed by atoms with Crippen LogP contribution in [0.2, 0.25) is 0 Å². The molecule has 2 N–H and O–H groups in total. The number of anilines is 1. The molecule has 0 fully saturated rings. The first-order valence-electron chi connectivity index (χ1n) is 8.15. The number of rotatable bonds is 7. The van der Waals surface area contributed by atoms with Gasteiger partial charge in [-0.15, -0.1) is 22.7 Å². The van der Waals surface area contributed by atoms with Crippen LogP contribution in [-0.2, 0) is 32.4 Å². The fourth-order valence-electron chi connectivity index (χ4n) is 2.26. The average Bonchev–Trinajstić information content (AvgIpc) is 3.09. The van der Waals surface area contributed by atoms with Crippen LogP contribution in [0.5, 0.6) is 0 Å². The molecule has 2 amide bonds. The number of aromatic nitrogens is 1. The Morgan fingerprint density at radius 1 is 1.22 bits per heavy atom. The summed E-state index contributed by atoms with van der Waals surface area (Å²) in [6.45, 7) is 7.07. The number of esters is 1. The lowest BCUT2D eigenvalue weighted by Crippen LogP contribution is -2.33. The number of carbonyl (C=O) groups is 2. The third-order valence-electron chi connectivity index (χ3n) is 3.56. The highest BCUT2D eigenvalue weighted by Crippen LogP contribution is 2.27. The Morgan fingerprint density at radius 2 is 1.93 bits per heavy atom. The van der Waals surface area contributed by atoms with Gasteiger partial charge in [-0.1, -0.05) is 6.92 Å². The fraction of sp³-hybridized carbons (Fsp3) is 0.438. The van der Waals surface area contributed by atoms with E-state index in [0.29, 0.717) is 11.6 Å². The number of amides is 2. The summed E-state index contributed by atoms with van der Waals surface area (Å²) in [4.78, 5) is 28.9. The van der Waals surface area contributed by atoms with E-state index in [1.807, 2.05) is 18.6 Å². The molecular weight excluding hydrogens is 410 g/mol. The topological polar surface area (TPSA) is 114 Å². The lowest BCUT2D eigenvalue weighted by atomic mass is 10.2. The first kappa shape index (κ1) is 21.3. The number of hydrogen-bond donors (Lipinski definition) is 2. The highest BCUT2D eigenvalue weighted by atomic mass is 32.2. The van der Waals surface area contributed by atoms with Gasteiger partial charge in [0.1, 0.15) is 4.21 Å². The van der Waals surface area contributed by atoms with E-state index in [1.54, 1.807) is 6.92 Å². The van der Waals surface area contributed by atoms with Gasteiger partial charge in [0, 0.05) is 23.1 Å². The van der Waals surface area contributed by atoms with Crippen molar-refractivity contribution in [2.75, 3.05) is 11.9 Å². The summed E-state index contributed by atoms with van der Waals surface area (Å²) in [5.41, 5.74) is 1.57. The van der Waals surface area contributed by atoms with Crippen molar-refractivity contribution in [2.24, 2.45) is 0 Å². The summed E-state index contributed by atoms with van der Waals surface area (Å²) in [7, 11) is -4.01. The molecule has 0 spiro atoms. The number of nitrogens with zero attached hydrogens (tertiary/aromatic N) is 1. The Bertz CT molecular complexity index is 947. The van der Waals surface area contributed by atoms with E-state index in [4.69, 9.17) is 4.74 Å². The van der Waals surface area contributed by atoms with Gasteiger partial charge in [0.15, 0.2) is 5.13 Å². The number of ether oxygens (including phenoxy) is 1. The van der Waals surface area contributed by atoms with Gasteiger partial charge >= 0.3 is 12.0 Å². The minimum absolute atomic E-state index is 0.0255. The van der Waals surface area contributed by atoms with Crippen LogP contribution in [0.3, 0.4) is 0 Å². The molecule has 2 aromatic rings. The van der Waals surface area contributed by atoms with Gasteiger partial charge in [-0.05, 0) is 31.9 Å². The zero-order valence-corrected chi connectivity index (χ0v) is 17.9. The smallest absolute Gasteiger partial charge is 0.334 e. The maximum Gasteiger partial charge on any atom is 0.334 e. The van der Waals surface area contributed by atoms with Crippen LogP contribution in [0.4, 0.5) is 9.93 Å². The quantitative estimate of drug-likeness (QED) is 0.651. The summed E-state index contributed by atoms with van der Waals surface area (Å²) in [6.07, 6.45) is 1.20. The zero-order valence-electron chi connectivity index (χ0n) is 15.4. The molecule has 0 atom stereocenters. The monoisotopic (exact) mass is 431 g/mol. The van der Waals surface area contributed by atoms with E-state index in [0.717, 1.165) is 38.8 Å².